The van der Waals surface area contributed by atoms with Crippen LogP contribution in [0.2, 0.25) is 0 Å². The highest BCUT2D eigenvalue weighted by atomic mass is 16.5. The quantitative estimate of drug-likeness (QED) is 0.536. The van der Waals surface area contributed by atoms with Gasteiger partial charge in [-0.1, -0.05) is 54.6 Å². The largest absolute Gasteiger partial charge is 0.496 e. The Morgan fingerprint density at radius 2 is 1.62 bits per heavy atom. The van der Waals surface area contributed by atoms with Crippen LogP contribution in [0.1, 0.15) is 18.1 Å². The Morgan fingerprint density at radius 1 is 0.875 bits per heavy atom. The first-order chi connectivity index (χ1) is 15.6. The van der Waals surface area contributed by atoms with E-state index in [0.29, 0.717) is 34.9 Å². The fourth-order valence-electron chi connectivity index (χ4n) is 3.69. The minimum atomic E-state index is -0.387. The van der Waals surface area contributed by atoms with Gasteiger partial charge in [-0.25, -0.2) is 0 Å². The Balaban J connectivity index is 1.72. The van der Waals surface area contributed by atoms with E-state index in [1.165, 1.54) is 4.90 Å². The second kappa shape index (κ2) is 9.39. The summed E-state index contributed by atoms with van der Waals surface area (Å²) >= 11 is 0. The molecule has 3 aromatic carbocycles. The fourth-order valence-corrected chi connectivity index (χ4v) is 3.69. The van der Waals surface area contributed by atoms with Gasteiger partial charge < -0.3 is 14.8 Å². The summed E-state index contributed by atoms with van der Waals surface area (Å²) in [6.07, 6.45) is 0. The van der Waals surface area contributed by atoms with Crippen LogP contribution in [-0.4, -0.2) is 30.4 Å². The molecule has 0 aromatic heterocycles. The third-order valence-corrected chi connectivity index (χ3v) is 5.17. The second-order valence-electron chi connectivity index (χ2n) is 7.21. The molecule has 0 aliphatic carbocycles. The first kappa shape index (κ1) is 21.2. The molecule has 0 radical (unpaired) electrons. The minimum absolute atomic E-state index is 0.113. The van der Waals surface area contributed by atoms with Gasteiger partial charge in [0.2, 0.25) is 0 Å². The van der Waals surface area contributed by atoms with Crippen LogP contribution in [0.3, 0.4) is 0 Å². The number of imide groups is 1. The maximum atomic E-state index is 13.4. The number of carbonyl (C=O) groups excluding carboxylic acids is 2. The zero-order chi connectivity index (χ0) is 22.5. The van der Waals surface area contributed by atoms with Crippen LogP contribution in [0.5, 0.6) is 11.5 Å². The Morgan fingerprint density at radius 3 is 2.38 bits per heavy atom. The average molecular weight is 428 g/mol. The van der Waals surface area contributed by atoms with Gasteiger partial charge in [-0.05, 0) is 30.7 Å². The summed E-state index contributed by atoms with van der Waals surface area (Å²) in [7, 11) is 1.57. The standard InChI is InChI=1S/C26H24N2O4/c1-3-32-21-14-9-13-20(16-21)27-24-23(18-10-5-4-6-11-18)25(29)28(26(24)30)17-19-12-7-8-15-22(19)31-2/h4-16,27H,3,17H2,1-2H3. The van der Waals surface area contributed by atoms with Gasteiger partial charge in [0.15, 0.2) is 0 Å². The number of carbonyl (C=O) groups is 2. The van der Waals surface area contributed by atoms with Crippen LogP contribution in [0, 0.1) is 0 Å². The number of ether oxygens (including phenoxy) is 2. The number of methoxy groups -OCH3 is 1. The highest BCUT2D eigenvalue weighted by molar-refractivity contribution is 6.36. The number of benzene rings is 3. The van der Waals surface area contributed by atoms with Gasteiger partial charge in [0, 0.05) is 17.3 Å². The van der Waals surface area contributed by atoms with Crippen molar-refractivity contribution in [2.75, 3.05) is 19.0 Å². The molecule has 32 heavy (non-hydrogen) atoms. The van der Waals surface area contributed by atoms with Crippen molar-refractivity contribution in [3.63, 3.8) is 0 Å². The van der Waals surface area contributed by atoms with Crippen LogP contribution in [0.15, 0.2) is 84.6 Å². The summed E-state index contributed by atoms with van der Waals surface area (Å²) in [5, 5.41) is 3.17. The molecule has 1 aliphatic rings. The molecule has 1 N–H and O–H groups in total. The van der Waals surface area contributed by atoms with Gasteiger partial charge in [-0.2, -0.15) is 0 Å². The summed E-state index contributed by atoms with van der Waals surface area (Å²) in [4.78, 5) is 28.1. The molecule has 0 unspecified atom stereocenters. The summed E-state index contributed by atoms with van der Waals surface area (Å²) in [5.74, 6) is 0.569. The number of nitrogens with one attached hydrogen (secondary N) is 1. The average Bonchev–Trinajstić information content (AvgIpc) is 3.04. The van der Waals surface area contributed by atoms with Gasteiger partial charge in [-0.3, -0.25) is 14.5 Å². The van der Waals surface area contributed by atoms with Gasteiger partial charge in [0.1, 0.15) is 17.2 Å². The SMILES string of the molecule is CCOc1cccc(NC2=C(c3ccccc3)C(=O)N(Cc3ccccc3OC)C2=O)c1. The van der Waals surface area contributed by atoms with Crippen LogP contribution in [0.4, 0.5) is 5.69 Å². The lowest BCUT2D eigenvalue weighted by atomic mass is 10.0. The fraction of sp³-hybridized carbons (Fsp3) is 0.154. The number of para-hydroxylation sites is 1. The van der Waals surface area contributed by atoms with E-state index in [1.54, 1.807) is 13.2 Å². The van der Waals surface area contributed by atoms with Crippen molar-refractivity contribution < 1.29 is 19.1 Å². The molecular formula is C26H24N2O4. The first-order valence-electron chi connectivity index (χ1n) is 10.4. The number of hydrogen-bond acceptors (Lipinski definition) is 5. The van der Waals surface area contributed by atoms with Crippen LogP contribution in [-0.2, 0) is 16.1 Å². The molecule has 6 heteroatoms. The maximum Gasteiger partial charge on any atom is 0.278 e. The Bertz CT molecular complexity index is 1170. The zero-order valence-corrected chi connectivity index (χ0v) is 18.0. The monoisotopic (exact) mass is 428 g/mol. The van der Waals surface area contributed by atoms with E-state index >= 15 is 0 Å². The Hall–Kier alpha value is -4.06. The molecule has 162 valence electrons. The molecular weight excluding hydrogens is 404 g/mol. The lowest BCUT2D eigenvalue weighted by Crippen LogP contribution is -2.32. The summed E-state index contributed by atoms with van der Waals surface area (Å²) in [6, 6.07) is 23.9. The number of anilines is 1. The predicted molar refractivity (Wildman–Crippen MR) is 123 cm³/mol. The molecule has 6 nitrogen and oxygen atoms in total. The van der Waals surface area contributed by atoms with Gasteiger partial charge >= 0.3 is 0 Å². The molecule has 4 rings (SSSR count). The second-order valence-corrected chi connectivity index (χ2v) is 7.21. The summed E-state index contributed by atoms with van der Waals surface area (Å²) in [5.41, 5.74) is 2.68. The highest BCUT2D eigenvalue weighted by Gasteiger charge is 2.39. The topological polar surface area (TPSA) is 67.9 Å². The van der Waals surface area contributed by atoms with Crippen molar-refractivity contribution in [2.24, 2.45) is 0 Å². The van der Waals surface area contributed by atoms with Crippen molar-refractivity contribution in [3.05, 3.63) is 95.7 Å². The van der Waals surface area contributed by atoms with E-state index in [1.807, 2.05) is 79.7 Å². The molecule has 0 spiro atoms. The van der Waals surface area contributed by atoms with Crippen LogP contribution in [0.25, 0.3) is 5.57 Å². The molecule has 0 atom stereocenters. The zero-order valence-electron chi connectivity index (χ0n) is 18.0. The maximum absolute atomic E-state index is 13.4. The third kappa shape index (κ3) is 4.21. The van der Waals surface area contributed by atoms with E-state index in [4.69, 9.17) is 9.47 Å². The van der Waals surface area contributed by atoms with Crippen molar-refractivity contribution in [3.8, 4) is 11.5 Å². The van der Waals surface area contributed by atoms with E-state index in [0.717, 1.165) is 5.56 Å². The number of nitrogens with zero attached hydrogens (tertiary/aromatic N) is 1. The normalized spacial score (nSPS) is 13.5. The van der Waals surface area contributed by atoms with E-state index in [9.17, 15) is 9.59 Å². The molecule has 0 bridgehead atoms. The van der Waals surface area contributed by atoms with Crippen molar-refractivity contribution >= 4 is 23.1 Å². The molecule has 0 fully saturated rings. The molecule has 1 heterocycles. The predicted octanol–water partition coefficient (Wildman–Crippen LogP) is 4.49. The van der Waals surface area contributed by atoms with Crippen LogP contribution < -0.4 is 14.8 Å². The van der Waals surface area contributed by atoms with Crippen molar-refractivity contribution in [1.29, 1.82) is 0 Å². The molecule has 2 amide bonds. The van der Waals surface area contributed by atoms with E-state index in [2.05, 4.69) is 5.32 Å². The van der Waals surface area contributed by atoms with Crippen molar-refractivity contribution in [1.82, 2.24) is 4.90 Å². The smallest absolute Gasteiger partial charge is 0.278 e. The summed E-state index contributed by atoms with van der Waals surface area (Å²) < 4.78 is 11.0. The van der Waals surface area contributed by atoms with Gasteiger partial charge in [0.25, 0.3) is 11.8 Å². The van der Waals surface area contributed by atoms with Gasteiger partial charge in [-0.15, -0.1) is 0 Å². The minimum Gasteiger partial charge on any atom is -0.496 e. The molecule has 1 aliphatic heterocycles. The molecule has 0 saturated carbocycles. The summed E-state index contributed by atoms with van der Waals surface area (Å²) in [6.45, 7) is 2.55. The Kier molecular flexibility index (Phi) is 6.22. The number of hydrogen-bond donors (Lipinski definition) is 1. The van der Waals surface area contributed by atoms with E-state index in [-0.39, 0.29) is 24.1 Å². The molecule has 3 aromatic rings. The van der Waals surface area contributed by atoms with Crippen LogP contribution >= 0.6 is 0 Å². The number of amides is 2. The van der Waals surface area contributed by atoms with Crippen molar-refractivity contribution in [2.45, 2.75) is 13.5 Å². The number of rotatable bonds is 8. The lowest BCUT2D eigenvalue weighted by Gasteiger charge is -2.17. The highest BCUT2D eigenvalue weighted by Crippen LogP contribution is 2.33. The van der Waals surface area contributed by atoms with Gasteiger partial charge in [0.05, 0.1) is 25.8 Å². The van der Waals surface area contributed by atoms with E-state index < -0.39 is 0 Å². The third-order valence-electron chi connectivity index (χ3n) is 5.17. The lowest BCUT2D eigenvalue weighted by molar-refractivity contribution is -0.137. The molecule has 0 saturated heterocycles. The first-order valence-corrected chi connectivity index (χ1v) is 10.4. The Labute approximate surface area is 187 Å².